The highest BCUT2D eigenvalue weighted by molar-refractivity contribution is 5.20. The lowest BCUT2D eigenvalue weighted by atomic mass is 9.56. The number of unbranched alkanes of at least 4 members (excludes halogenated alkanes) is 2. The summed E-state index contributed by atoms with van der Waals surface area (Å²) in [5.74, 6) is 5.19. The molecule has 0 nitrogen and oxygen atoms in total. The van der Waals surface area contributed by atoms with E-state index in [0.29, 0.717) is 5.41 Å². The average molecular weight is 379 g/mol. The SMILES string of the molecule is CCCCC1(C)CCC(CCCCC2CCC3C=CC=CC32)C2C=CC=CC21. The molecule has 0 spiro atoms. The fraction of sp³-hybridized carbons (Fsp3) is 0.714. The zero-order valence-electron chi connectivity index (χ0n) is 18.4. The molecule has 0 N–H and O–H groups in total. The van der Waals surface area contributed by atoms with E-state index in [1.165, 1.54) is 70.6 Å². The van der Waals surface area contributed by atoms with Gasteiger partial charge in [0.25, 0.3) is 0 Å². The molecule has 154 valence electrons. The molecule has 2 saturated carbocycles. The topological polar surface area (TPSA) is 0 Å². The van der Waals surface area contributed by atoms with E-state index in [4.69, 9.17) is 0 Å². The lowest BCUT2D eigenvalue weighted by Gasteiger charge is -2.49. The maximum atomic E-state index is 2.59. The number of hydrogen-bond donors (Lipinski definition) is 0. The van der Waals surface area contributed by atoms with Crippen LogP contribution in [0, 0.1) is 40.9 Å². The van der Waals surface area contributed by atoms with Gasteiger partial charge in [0.2, 0.25) is 0 Å². The van der Waals surface area contributed by atoms with E-state index in [-0.39, 0.29) is 0 Å². The normalized spacial score (nSPS) is 41.2. The molecule has 0 saturated heterocycles. The second-order valence-corrected chi connectivity index (χ2v) is 10.6. The molecule has 4 rings (SSSR count). The molecule has 4 aliphatic rings. The molecular weight excluding hydrogens is 336 g/mol. The van der Waals surface area contributed by atoms with Crippen molar-refractivity contribution in [2.45, 2.75) is 84.5 Å². The first kappa shape index (κ1) is 20.2. The Morgan fingerprint density at radius 2 is 1.43 bits per heavy atom. The lowest BCUT2D eigenvalue weighted by Crippen LogP contribution is -2.40. The number of allylic oxidation sites excluding steroid dienone is 8. The molecule has 0 amide bonds. The van der Waals surface area contributed by atoms with Crippen LogP contribution in [0.15, 0.2) is 48.6 Å². The van der Waals surface area contributed by atoms with Gasteiger partial charge in [-0.05, 0) is 85.9 Å². The second-order valence-electron chi connectivity index (χ2n) is 10.6. The molecule has 0 heterocycles. The van der Waals surface area contributed by atoms with Gasteiger partial charge in [-0.25, -0.2) is 0 Å². The van der Waals surface area contributed by atoms with Gasteiger partial charge < -0.3 is 0 Å². The Hall–Kier alpha value is -1.04. The van der Waals surface area contributed by atoms with E-state index in [2.05, 4.69) is 62.5 Å². The highest BCUT2D eigenvalue weighted by atomic mass is 14.5. The Balaban J connectivity index is 1.26. The first-order chi connectivity index (χ1) is 13.7. The van der Waals surface area contributed by atoms with Gasteiger partial charge in [-0.15, -0.1) is 0 Å². The van der Waals surface area contributed by atoms with Crippen LogP contribution in [0.25, 0.3) is 0 Å². The molecule has 0 aromatic carbocycles. The molecule has 4 aliphatic carbocycles. The molecule has 0 aromatic rings. The van der Waals surface area contributed by atoms with Crippen LogP contribution in [0.5, 0.6) is 0 Å². The van der Waals surface area contributed by atoms with Crippen LogP contribution >= 0.6 is 0 Å². The van der Waals surface area contributed by atoms with Gasteiger partial charge in [0.1, 0.15) is 0 Å². The maximum Gasteiger partial charge on any atom is -0.0111 e. The lowest BCUT2D eigenvalue weighted by molar-refractivity contribution is 0.0537. The highest BCUT2D eigenvalue weighted by Gasteiger charge is 2.44. The van der Waals surface area contributed by atoms with E-state index in [0.717, 1.165) is 35.5 Å². The monoisotopic (exact) mass is 378 g/mol. The largest absolute Gasteiger partial charge is 0.0808 e. The summed E-state index contributed by atoms with van der Waals surface area (Å²) in [5.41, 5.74) is 0.540. The third kappa shape index (κ3) is 4.27. The van der Waals surface area contributed by atoms with Crippen molar-refractivity contribution < 1.29 is 0 Å². The molecule has 0 bridgehead atoms. The number of rotatable bonds is 8. The van der Waals surface area contributed by atoms with E-state index < -0.39 is 0 Å². The summed E-state index contributed by atoms with van der Waals surface area (Å²) in [4.78, 5) is 0. The highest BCUT2D eigenvalue weighted by Crippen LogP contribution is 2.53. The second kappa shape index (κ2) is 9.19. The zero-order valence-corrected chi connectivity index (χ0v) is 18.4. The van der Waals surface area contributed by atoms with Gasteiger partial charge in [0, 0.05) is 0 Å². The van der Waals surface area contributed by atoms with Gasteiger partial charge in [-0.1, -0.05) is 88.1 Å². The Morgan fingerprint density at radius 1 is 0.750 bits per heavy atom. The summed E-state index contributed by atoms with van der Waals surface area (Å²) in [6.45, 7) is 4.93. The minimum atomic E-state index is 0.540. The summed E-state index contributed by atoms with van der Waals surface area (Å²) in [6, 6.07) is 0. The minimum Gasteiger partial charge on any atom is -0.0808 e. The van der Waals surface area contributed by atoms with Crippen molar-refractivity contribution in [2.75, 3.05) is 0 Å². The molecular formula is C28H42. The summed E-state index contributed by atoms with van der Waals surface area (Å²) >= 11 is 0. The van der Waals surface area contributed by atoms with Crippen LogP contribution in [0.3, 0.4) is 0 Å². The summed E-state index contributed by atoms with van der Waals surface area (Å²) in [6.07, 6.45) is 35.1. The van der Waals surface area contributed by atoms with Crippen LogP contribution in [0.4, 0.5) is 0 Å². The van der Waals surface area contributed by atoms with Crippen LogP contribution < -0.4 is 0 Å². The summed E-state index contributed by atoms with van der Waals surface area (Å²) in [7, 11) is 0. The third-order valence-corrected chi connectivity index (χ3v) is 8.83. The number of hydrogen-bond acceptors (Lipinski definition) is 0. The van der Waals surface area contributed by atoms with Gasteiger partial charge in [-0.3, -0.25) is 0 Å². The minimum absolute atomic E-state index is 0.540. The van der Waals surface area contributed by atoms with E-state index >= 15 is 0 Å². The third-order valence-electron chi connectivity index (χ3n) is 8.83. The smallest absolute Gasteiger partial charge is 0.0111 e. The van der Waals surface area contributed by atoms with E-state index in [1.807, 2.05) is 0 Å². The first-order valence-corrected chi connectivity index (χ1v) is 12.4. The van der Waals surface area contributed by atoms with Gasteiger partial charge in [0.05, 0.1) is 0 Å². The van der Waals surface area contributed by atoms with Gasteiger partial charge >= 0.3 is 0 Å². The Morgan fingerprint density at radius 3 is 2.21 bits per heavy atom. The van der Waals surface area contributed by atoms with Crippen molar-refractivity contribution in [2.24, 2.45) is 40.9 Å². The zero-order chi connectivity index (χ0) is 19.4. The van der Waals surface area contributed by atoms with Crippen LogP contribution in [-0.2, 0) is 0 Å². The Kier molecular flexibility index (Phi) is 6.64. The van der Waals surface area contributed by atoms with Crippen molar-refractivity contribution in [1.82, 2.24) is 0 Å². The molecule has 7 atom stereocenters. The molecule has 0 aliphatic heterocycles. The first-order valence-electron chi connectivity index (χ1n) is 12.4. The van der Waals surface area contributed by atoms with Crippen molar-refractivity contribution >= 4 is 0 Å². The summed E-state index contributed by atoms with van der Waals surface area (Å²) in [5, 5.41) is 0. The number of fused-ring (bicyclic) bond motifs is 2. The average Bonchev–Trinajstić information content (AvgIpc) is 3.15. The molecule has 0 aromatic heterocycles. The molecule has 0 heteroatoms. The van der Waals surface area contributed by atoms with Crippen LogP contribution in [-0.4, -0.2) is 0 Å². The predicted molar refractivity (Wildman–Crippen MR) is 122 cm³/mol. The van der Waals surface area contributed by atoms with Gasteiger partial charge in [-0.2, -0.15) is 0 Å². The standard InChI is InChI=1S/C28H42/c1-3-4-20-28(2)21-19-24(26-15-9-10-16-27(26)28)13-6-5-11-22-17-18-23-12-7-8-14-25(22)23/h7-10,12,14-16,22-27H,3-6,11,13,17-21H2,1-2H3. The van der Waals surface area contributed by atoms with Crippen molar-refractivity contribution in [1.29, 1.82) is 0 Å². The van der Waals surface area contributed by atoms with Gasteiger partial charge in [0.15, 0.2) is 0 Å². The molecule has 7 unspecified atom stereocenters. The van der Waals surface area contributed by atoms with Crippen molar-refractivity contribution in [3.8, 4) is 0 Å². The Bertz CT molecular complexity index is 620. The van der Waals surface area contributed by atoms with Crippen LogP contribution in [0.2, 0.25) is 0 Å². The van der Waals surface area contributed by atoms with Crippen molar-refractivity contribution in [3.63, 3.8) is 0 Å². The molecule has 2 fully saturated rings. The quantitative estimate of drug-likeness (QED) is 0.373. The fourth-order valence-corrected chi connectivity index (χ4v) is 7.07. The van der Waals surface area contributed by atoms with E-state index in [9.17, 15) is 0 Å². The maximum absolute atomic E-state index is 2.59. The molecule has 28 heavy (non-hydrogen) atoms. The molecule has 0 radical (unpaired) electrons. The predicted octanol–water partition coefficient (Wildman–Crippen LogP) is 8.28. The van der Waals surface area contributed by atoms with Crippen molar-refractivity contribution in [3.05, 3.63) is 48.6 Å². The Labute approximate surface area is 174 Å². The van der Waals surface area contributed by atoms with E-state index in [1.54, 1.807) is 0 Å². The fourth-order valence-electron chi connectivity index (χ4n) is 7.07. The van der Waals surface area contributed by atoms with Crippen LogP contribution in [0.1, 0.15) is 84.5 Å². The summed E-state index contributed by atoms with van der Waals surface area (Å²) < 4.78 is 0.